The van der Waals surface area contributed by atoms with Crippen LogP contribution in [0, 0.1) is 0 Å². The Labute approximate surface area is 126 Å². The van der Waals surface area contributed by atoms with E-state index in [9.17, 15) is 9.59 Å². The molecule has 0 unspecified atom stereocenters. The van der Waals surface area contributed by atoms with E-state index in [-0.39, 0.29) is 13.0 Å². The van der Waals surface area contributed by atoms with Gasteiger partial charge in [-0.2, -0.15) is 0 Å². The molecule has 1 aromatic rings. The van der Waals surface area contributed by atoms with Crippen molar-refractivity contribution in [3.8, 4) is 0 Å². The second-order valence-electron chi connectivity index (χ2n) is 4.01. The van der Waals surface area contributed by atoms with E-state index in [1.807, 2.05) is 0 Å². The van der Waals surface area contributed by atoms with Crippen LogP contribution < -0.4 is 16.4 Å². The normalized spacial score (nSPS) is 11.9. The lowest BCUT2D eigenvalue weighted by Crippen LogP contribution is -2.41. The summed E-state index contributed by atoms with van der Waals surface area (Å²) in [7, 11) is 0. The smallest absolute Gasteiger partial charge is 0.321 e. The number of nitrogens with one attached hydrogen (secondary N) is 2. The van der Waals surface area contributed by atoms with Gasteiger partial charge >= 0.3 is 5.97 Å². The lowest BCUT2D eigenvalue weighted by Gasteiger charge is -2.13. The maximum absolute atomic E-state index is 11.8. The van der Waals surface area contributed by atoms with Gasteiger partial charge in [0, 0.05) is 18.8 Å². The number of halogens is 2. The number of amides is 1. The predicted octanol–water partition coefficient (Wildman–Crippen LogP) is 1.32. The van der Waals surface area contributed by atoms with Gasteiger partial charge in [0.25, 0.3) is 0 Å². The van der Waals surface area contributed by atoms with Crippen molar-refractivity contribution < 1.29 is 14.7 Å². The zero-order valence-corrected chi connectivity index (χ0v) is 12.0. The minimum Gasteiger partial charge on any atom is -0.480 e. The molecule has 0 aliphatic carbocycles. The number of hydrogen-bond donors (Lipinski definition) is 4. The van der Waals surface area contributed by atoms with E-state index in [0.717, 1.165) is 0 Å². The van der Waals surface area contributed by atoms with Crippen molar-refractivity contribution in [1.82, 2.24) is 5.32 Å². The van der Waals surface area contributed by atoms with Crippen molar-refractivity contribution >= 4 is 40.8 Å². The standard InChI is InChI=1S/C12H15Cl2N3O3/c13-8-2-1-7(5-9(8)14)17-11(18)6-10(12(19)20)16-4-3-15/h1-2,5,10,16H,3-4,6,15H2,(H,17,18)(H,19,20)/t10-/m1/s1. The van der Waals surface area contributed by atoms with Crippen molar-refractivity contribution in [1.29, 1.82) is 0 Å². The minimum atomic E-state index is -1.11. The SMILES string of the molecule is NCCN[C@H](CC(=O)Nc1ccc(Cl)c(Cl)c1)C(=O)O. The number of rotatable bonds is 7. The summed E-state index contributed by atoms with van der Waals surface area (Å²) in [4.78, 5) is 22.7. The Morgan fingerprint density at radius 2 is 2.00 bits per heavy atom. The van der Waals surface area contributed by atoms with Crippen LogP contribution in [0.15, 0.2) is 18.2 Å². The van der Waals surface area contributed by atoms with E-state index in [1.54, 1.807) is 12.1 Å². The Kier molecular flexibility index (Phi) is 6.74. The maximum atomic E-state index is 11.8. The van der Waals surface area contributed by atoms with Gasteiger partial charge in [0.2, 0.25) is 5.91 Å². The number of hydrogen-bond acceptors (Lipinski definition) is 4. The molecule has 0 saturated carbocycles. The molecule has 0 spiro atoms. The van der Waals surface area contributed by atoms with E-state index in [1.165, 1.54) is 6.07 Å². The van der Waals surface area contributed by atoms with E-state index in [0.29, 0.717) is 22.3 Å². The fraction of sp³-hybridized carbons (Fsp3) is 0.333. The van der Waals surface area contributed by atoms with Gasteiger partial charge in [-0.3, -0.25) is 9.59 Å². The second-order valence-corrected chi connectivity index (χ2v) is 4.83. The average molecular weight is 320 g/mol. The number of carboxylic acids is 1. The maximum Gasteiger partial charge on any atom is 0.321 e. The topological polar surface area (TPSA) is 104 Å². The summed E-state index contributed by atoms with van der Waals surface area (Å²) in [5.41, 5.74) is 5.73. The molecule has 0 bridgehead atoms. The summed E-state index contributed by atoms with van der Waals surface area (Å²) < 4.78 is 0. The van der Waals surface area contributed by atoms with Gasteiger partial charge in [-0.15, -0.1) is 0 Å². The first-order chi connectivity index (χ1) is 9.43. The van der Waals surface area contributed by atoms with Crippen molar-refractivity contribution in [3.05, 3.63) is 28.2 Å². The lowest BCUT2D eigenvalue weighted by atomic mass is 10.2. The van der Waals surface area contributed by atoms with Crippen LogP contribution in [0.5, 0.6) is 0 Å². The minimum absolute atomic E-state index is 0.213. The Balaban J connectivity index is 2.60. The number of benzene rings is 1. The molecule has 0 saturated heterocycles. The number of nitrogens with two attached hydrogens (primary N) is 1. The lowest BCUT2D eigenvalue weighted by molar-refractivity contribution is -0.141. The van der Waals surface area contributed by atoms with Crippen molar-refractivity contribution in [2.24, 2.45) is 5.73 Å². The van der Waals surface area contributed by atoms with Crippen LogP contribution >= 0.6 is 23.2 Å². The zero-order chi connectivity index (χ0) is 15.1. The number of anilines is 1. The summed E-state index contributed by atoms with van der Waals surface area (Å²) in [6.07, 6.45) is -0.213. The highest BCUT2D eigenvalue weighted by atomic mass is 35.5. The number of carbonyl (C=O) groups excluding carboxylic acids is 1. The molecule has 5 N–H and O–H groups in total. The van der Waals surface area contributed by atoms with Gasteiger partial charge in [0.1, 0.15) is 6.04 Å². The largest absolute Gasteiger partial charge is 0.480 e. The Morgan fingerprint density at radius 1 is 1.30 bits per heavy atom. The van der Waals surface area contributed by atoms with Crippen molar-refractivity contribution in [3.63, 3.8) is 0 Å². The van der Waals surface area contributed by atoms with Crippen LogP contribution in [0.25, 0.3) is 0 Å². The van der Waals surface area contributed by atoms with Gasteiger partial charge in [0.05, 0.1) is 16.5 Å². The van der Waals surface area contributed by atoms with Crippen molar-refractivity contribution in [2.75, 3.05) is 18.4 Å². The van der Waals surface area contributed by atoms with E-state index in [4.69, 9.17) is 34.0 Å². The first kappa shape index (κ1) is 16.7. The molecule has 110 valence electrons. The van der Waals surface area contributed by atoms with Crippen LogP contribution in [-0.4, -0.2) is 36.1 Å². The monoisotopic (exact) mass is 319 g/mol. The Hall–Kier alpha value is -1.34. The molecular weight excluding hydrogens is 305 g/mol. The molecule has 1 atom stereocenters. The van der Waals surface area contributed by atoms with Crippen LogP contribution in [0.2, 0.25) is 10.0 Å². The molecular formula is C12H15Cl2N3O3. The Bertz CT molecular complexity index is 497. The van der Waals surface area contributed by atoms with Crippen LogP contribution in [0.4, 0.5) is 5.69 Å². The number of carboxylic acid groups (broad SMARTS) is 1. The second kappa shape index (κ2) is 8.06. The summed E-state index contributed by atoms with van der Waals surface area (Å²) >= 11 is 11.6. The fourth-order valence-electron chi connectivity index (χ4n) is 1.48. The molecule has 1 amide bonds. The first-order valence-electron chi connectivity index (χ1n) is 5.85. The van der Waals surface area contributed by atoms with E-state index < -0.39 is 17.9 Å². The molecule has 20 heavy (non-hydrogen) atoms. The summed E-state index contributed by atoms with van der Waals surface area (Å²) in [6, 6.07) is 3.63. The van der Waals surface area contributed by atoms with Gasteiger partial charge in [0.15, 0.2) is 0 Å². The third-order valence-electron chi connectivity index (χ3n) is 2.43. The van der Waals surface area contributed by atoms with E-state index >= 15 is 0 Å². The highest BCUT2D eigenvalue weighted by molar-refractivity contribution is 6.42. The molecule has 1 rings (SSSR count). The van der Waals surface area contributed by atoms with Crippen LogP contribution in [-0.2, 0) is 9.59 Å². The molecule has 8 heteroatoms. The molecule has 6 nitrogen and oxygen atoms in total. The van der Waals surface area contributed by atoms with Gasteiger partial charge in [-0.1, -0.05) is 23.2 Å². The highest BCUT2D eigenvalue weighted by Gasteiger charge is 2.20. The average Bonchev–Trinajstić information content (AvgIpc) is 2.38. The van der Waals surface area contributed by atoms with Gasteiger partial charge in [-0.25, -0.2) is 0 Å². The van der Waals surface area contributed by atoms with E-state index in [2.05, 4.69) is 10.6 Å². The van der Waals surface area contributed by atoms with Gasteiger partial charge < -0.3 is 21.5 Å². The van der Waals surface area contributed by atoms with Crippen LogP contribution in [0.3, 0.4) is 0 Å². The molecule has 0 aliphatic rings. The summed E-state index contributed by atoms with van der Waals surface area (Å²) in [5.74, 6) is -1.55. The highest BCUT2D eigenvalue weighted by Crippen LogP contribution is 2.25. The predicted molar refractivity (Wildman–Crippen MR) is 78.2 cm³/mol. The van der Waals surface area contributed by atoms with Crippen LogP contribution in [0.1, 0.15) is 6.42 Å². The molecule has 0 aromatic heterocycles. The number of aliphatic carboxylic acids is 1. The third kappa shape index (κ3) is 5.34. The summed E-state index contributed by atoms with van der Waals surface area (Å²) in [5, 5.41) is 14.9. The Morgan fingerprint density at radius 3 is 2.55 bits per heavy atom. The molecule has 0 heterocycles. The molecule has 0 radical (unpaired) electrons. The zero-order valence-electron chi connectivity index (χ0n) is 10.5. The quantitative estimate of drug-likeness (QED) is 0.606. The summed E-state index contributed by atoms with van der Waals surface area (Å²) in [6.45, 7) is 0.606. The number of carbonyl (C=O) groups is 2. The molecule has 0 fully saturated rings. The molecule has 0 aliphatic heterocycles. The molecule has 1 aromatic carbocycles. The third-order valence-corrected chi connectivity index (χ3v) is 3.17. The van der Waals surface area contributed by atoms with Gasteiger partial charge in [-0.05, 0) is 18.2 Å². The van der Waals surface area contributed by atoms with Crippen molar-refractivity contribution in [2.45, 2.75) is 12.5 Å². The first-order valence-corrected chi connectivity index (χ1v) is 6.60. The fourth-order valence-corrected chi connectivity index (χ4v) is 1.77.